The van der Waals surface area contributed by atoms with Crippen LogP contribution in [0.4, 0.5) is 17.1 Å². The van der Waals surface area contributed by atoms with Crippen LogP contribution in [-0.4, -0.2) is 43.1 Å². The molecule has 1 aromatic carbocycles. The zero-order chi connectivity index (χ0) is 14.8. The highest BCUT2D eigenvalue weighted by Gasteiger charge is 2.21. The number of nitrogens with zero attached hydrogens (tertiary/aromatic N) is 1. The Morgan fingerprint density at radius 1 is 1.52 bits per heavy atom. The molecular weight excluding hydrogens is 268 g/mol. The molecule has 0 aliphatic carbocycles. The molecule has 6 nitrogen and oxygen atoms in total. The molecule has 6 heteroatoms. The Hall–Kier alpha value is -1.95. The predicted molar refractivity (Wildman–Crippen MR) is 83.7 cm³/mol. The first-order chi connectivity index (χ1) is 10.2. The number of amides is 1. The Morgan fingerprint density at radius 3 is 3.19 bits per heavy atom. The van der Waals surface area contributed by atoms with E-state index in [-0.39, 0.29) is 12.5 Å². The van der Waals surface area contributed by atoms with E-state index >= 15 is 0 Å². The quantitative estimate of drug-likeness (QED) is 0.735. The molecule has 0 saturated carbocycles. The number of piperidine rings is 1. The Kier molecular flexibility index (Phi) is 3.88. The van der Waals surface area contributed by atoms with Crippen molar-refractivity contribution < 1.29 is 9.53 Å². The molecule has 0 spiro atoms. The summed E-state index contributed by atoms with van der Waals surface area (Å²) < 4.78 is 5.37. The number of hydrogen-bond donors (Lipinski definition) is 3. The summed E-state index contributed by atoms with van der Waals surface area (Å²) in [5.74, 6) is 0.504. The molecule has 4 N–H and O–H groups in total. The monoisotopic (exact) mass is 290 g/mol. The van der Waals surface area contributed by atoms with Gasteiger partial charge in [-0.3, -0.25) is 4.79 Å². The SMILES string of the molecule is CCN1CCCC(Nc2cc3c(cc2N)OCC(=O)N3)C1. The van der Waals surface area contributed by atoms with Crippen LogP contribution in [0.1, 0.15) is 19.8 Å². The van der Waals surface area contributed by atoms with Crippen LogP contribution >= 0.6 is 0 Å². The molecule has 2 aliphatic heterocycles. The smallest absolute Gasteiger partial charge is 0.262 e. The summed E-state index contributed by atoms with van der Waals surface area (Å²) in [6.45, 7) is 5.49. The normalized spacial score (nSPS) is 22.1. The maximum Gasteiger partial charge on any atom is 0.262 e. The molecule has 0 bridgehead atoms. The van der Waals surface area contributed by atoms with Crippen molar-refractivity contribution in [2.24, 2.45) is 0 Å². The molecule has 2 heterocycles. The topological polar surface area (TPSA) is 79.6 Å². The van der Waals surface area contributed by atoms with E-state index in [1.807, 2.05) is 6.07 Å². The second-order valence-corrected chi connectivity index (χ2v) is 5.65. The average Bonchev–Trinajstić information content (AvgIpc) is 2.49. The minimum Gasteiger partial charge on any atom is -0.482 e. The van der Waals surface area contributed by atoms with Crippen molar-refractivity contribution in [1.82, 2.24) is 4.90 Å². The van der Waals surface area contributed by atoms with E-state index in [4.69, 9.17) is 10.5 Å². The minimum absolute atomic E-state index is 0.0489. The minimum atomic E-state index is -0.131. The fraction of sp³-hybridized carbons (Fsp3) is 0.533. The Morgan fingerprint density at radius 2 is 2.38 bits per heavy atom. The van der Waals surface area contributed by atoms with Crippen LogP contribution < -0.4 is 21.1 Å². The number of fused-ring (bicyclic) bond motifs is 1. The van der Waals surface area contributed by atoms with Crippen LogP contribution in [0.2, 0.25) is 0 Å². The summed E-state index contributed by atoms with van der Waals surface area (Å²) in [6, 6.07) is 4.03. The number of carbonyl (C=O) groups excluding carboxylic acids is 1. The molecule has 3 rings (SSSR count). The fourth-order valence-corrected chi connectivity index (χ4v) is 2.95. The lowest BCUT2D eigenvalue weighted by Crippen LogP contribution is -2.42. The average molecular weight is 290 g/mol. The maximum absolute atomic E-state index is 11.4. The maximum atomic E-state index is 11.4. The van der Waals surface area contributed by atoms with Crippen LogP contribution in [0.5, 0.6) is 5.75 Å². The van der Waals surface area contributed by atoms with Crippen LogP contribution in [0.15, 0.2) is 12.1 Å². The lowest BCUT2D eigenvalue weighted by Gasteiger charge is -2.33. The van der Waals surface area contributed by atoms with E-state index in [0.29, 0.717) is 23.2 Å². The zero-order valence-corrected chi connectivity index (χ0v) is 12.3. The van der Waals surface area contributed by atoms with Crippen molar-refractivity contribution >= 4 is 23.0 Å². The van der Waals surface area contributed by atoms with Crippen molar-refractivity contribution in [2.75, 3.05) is 42.6 Å². The molecule has 2 aliphatic rings. The lowest BCUT2D eigenvalue weighted by molar-refractivity contribution is -0.118. The first kappa shape index (κ1) is 14.0. The molecule has 0 radical (unpaired) electrons. The summed E-state index contributed by atoms with van der Waals surface area (Å²) in [5.41, 5.74) is 8.30. The Balaban J connectivity index is 1.76. The summed E-state index contributed by atoms with van der Waals surface area (Å²) in [6.07, 6.45) is 2.33. The number of hydrogen-bond acceptors (Lipinski definition) is 5. The first-order valence-electron chi connectivity index (χ1n) is 7.50. The molecular formula is C15H22N4O2. The van der Waals surface area contributed by atoms with Crippen LogP contribution in [0.3, 0.4) is 0 Å². The lowest BCUT2D eigenvalue weighted by atomic mass is 10.0. The molecule has 1 saturated heterocycles. The highest BCUT2D eigenvalue weighted by Crippen LogP contribution is 2.35. The third-order valence-electron chi connectivity index (χ3n) is 4.10. The van der Waals surface area contributed by atoms with E-state index in [0.717, 1.165) is 31.7 Å². The number of likely N-dealkylation sites (tertiary alicyclic amines) is 1. The largest absolute Gasteiger partial charge is 0.482 e. The fourth-order valence-electron chi connectivity index (χ4n) is 2.95. The van der Waals surface area contributed by atoms with E-state index in [1.165, 1.54) is 6.42 Å². The van der Waals surface area contributed by atoms with Crippen molar-refractivity contribution in [3.05, 3.63) is 12.1 Å². The molecule has 1 aromatic rings. The number of rotatable bonds is 3. The highest BCUT2D eigenvalue weighted by atomic mass is 16.5. The molecule has 21 heavy (non-hydrogen) atoms. The van der Waals surface area contributed by atoms with Gasteiger partial charge in [-0.25, -0.2) is 0 Å². The Bertz CT molecular complexity index is 547. The molecule has 0 aromatic heterocycles. The molecule has 1 unspecified atom stereocenters. The van der Waals surface area contributed by atoms with Crippen molar-refractivity contribution in [3.8, 4) is 5.75 Å². The Labute approximate surface area is 124 Å². The van der Waals surface area contributed by atoms with Gasteiger partial charge in [-0.05, 0) is 32.0 Å². The van der Waals surface area contributed by atoms with E-state index in [9.17, 15) is 4.79 Å². The van der Waals surface area contributed by atoms with Gasteiger partial charge in [0.25, 0.3) is 5.91 Å². The number of nitrogen functional groups attached to an aromatic ring is 1. The summed E-state index contributed by atoms with van der Waals surface area (Å²) in [7, 11) is 0. The highest BCUT2D eigenvalue weighted by molar-refractivity contribution is 5.97. The summed E-state index contributed by atoms with van der Waals surface area (Å²) in [4.78, 5) is 13.8. The van der Waals surface area contributed by atoms with Crippen molar-refractivity contribution in [2.45, 2.75) is 25.8 Å². The van der Waals surface area contributed by atoms with Gasteiger partial charge in [0, 0.05) is 18.7 Å². The van der Waals surface area contributed by atoms with Gasteiger partial charge in [0.2, 0.25) is 0 Å². The predicted octanol–water partition coefficient (Wildman–Crippen LogP) is 1.50. The van der Waals surface area contributed by atoms with Crippen molar-refractivity contribution in [1.29, 1.82) is 0 Å². The molecule has 1 fully saturated rings. The van der Waals surface area contributed by atoms with Gasteiger partial charge in [-0.2, -0.15) is 0 Å². The van der Waals surface area contributed by atoms with Gasteiger partial charge in [0.1, 0.15) is 5.75 Å². The van der Waals surface area contributed by atoms with Crippen LogP contribution in [-0.2, 0) is 4.79 Å². The number of ether oxygens (including phenoxy) is 1. The van der Waals surface area contributed by atoms with E-state index in [2.05, 4.69) is 22.5 Å². The first-order valence-corrected chi connectivity index (χ1v) is 7.50. The second kappa shape index (κ2) is 5.81. The number of nitrogens with one attached hydrogen (secondary N) is 2. The third-order valence-corrected chi connectivity index (χ3v) is 4.10. The van der Waals surface area contributed by atoms with Crippen LogP contribution in [0.25, 0.3) is 0 Å². The van der Waals surface area contributed by atoms with E-state index in [1.54, 1.807) is 6.07 Å². The van der Waals surface area contributed by atoms with Crippen molar-refractivity contribution in [3.63, 3.8) is 0 Å². The number of carbonyl (C=O) groups is 1. The summed E-state index contributed by atoms with van der Waals surface area (Å²) in [5, 5.41) is 6.32. The summed E-state index contributed by atoms with van der Waals surface area (Å²) >= 11 is 0. The van der Waals surface area contributed by atoms with Gasteiger partial charge in [0.05, 0.1) is 17.1 Å². The molecule has 1 amide bonds. The van der Waals surface area contributed by atoms with Gasteiger partial charge in [-0.1, -0.05) is 6.92 Å². The third kappa shape index (κ3) is 3.05. The van der Waals surface area contributed by atoms with Gasteiger partial charge >= 0.3 is 0 Å². The number of benzene rings is 1. The molecule has 1 atom stereocenters. The van der Waals surface area contributed by atoms with Crippen LogP contribution in [0, 0.1) is 0 Å². The van der Waals surface area contributed by atoms with E-state index < -0.39 is 0 Å². The molecule has 114 valence electrons. The second-order valence-electron chi connectivity index (χ2n) is 5.65. The zero-order valence-electron chi connectivity index (χ0n) is 12.3. The van der Waals surface area contributed by atoms with Gasteiger partial charge in [-0.15, -0.1) is 0 Å². The number of likely N-dealkylation sites (N-methyl/N-ethyl adjacent to an activating group) is 1. The standard InChI is InChI=1S/C15H22N4O2/c1-2-19-5-3-4-10(8-19)17-12-7-13-14(6-11(12)16)21-9-15(20)18-13/h6-7,10,17H,2-5,8-9,16H2,1H3,(H,18,20). The number of nitrogens with two attached hydrogens (primary N) is 1. The van der Waals surface area contributed by atoms with Gasteiger partial charge in [0.15, 0.2) is 6.61 Å². The number of anilines is 3. The van der Waals surface area contributed by atoms with Gasteiger partial charge < -0.3 is 26.0 Å².